The van der Waals surface area contributed by atoms with Crippen LogP contribution in [0.3, 0.4) is 0 Å². The van der Waals surface area contributed by atoms with Crippen LogP contribution in [0.5, 0.6) is 5.75 Å². The average molecular weight is 355 g/mol. The number of nitrogens with two attached hydrogens (primary N) is 1. The molecule has 0 aromatic heterocycles. The summed E-state index contributed by atoms with van der Waals surface area (Å²) in [5, 5.41) is 2.69. The van der Waals surface area contributed by atoms with Crippen LogP contribution in [-0.4, -0.2) is 44.9 Å². The molecule has 1 saturated heterocycles. The van der Waals surface area contributed by atoms with Gasteiger partial charge in [0.15, 0.2) is 0 Å². The van der Waals surface area contributed by atoms with Crippen LogP contribution in [0.2, 0.25) is 0 Å². The molecule has 1 aromatic carbocycles. The van der Waals surface area contributed by atoms with E-state index in [-0.39, 0.29) is 22.5 Å². The van der Waals surface area contributed by atoms with E-state index in [1.165, 1.54) is 23.5 Å². The molecule has 8 heteroatoms. The molecule has 1 amide bonds. The highest BCUT2D eigenvalue weighted by Crippen LogP contribution is 2.31. The van der Waals surface area contributed by atoms with Gasteiger partial charge in [-0.1, -0.05) is 13.8 Å². The van der Waals surface area contributed by atoms with E-state index in [1.54, 1.807) is 6.07 Å². The Balaban J connectivity index is 2.26. The Morgan fingerprint density at radius 2 is 1.92 bits per heavy atom. The number of nitrogens with zero attached hydrogens (tertiary/aromatic N) is 1. The zero-order chi connectivity index (χ0) is 17.9. The van der Waals surface area contributed by atoms with E-state index in [1.807, 2.05) is 13.8 Å². The van der Waals surface area contributed by atoms with Gasteiger partial charge in [-0.3, -0.25) is 4.79 Å². The maximum atomic E-state index is 12.7. The summed E-state index contributed by atoms with van der Waals surface area (Å²) in [7, 11) is -2.18. The maximum Gasteiger partial charge on any atom is 0.246 e. The first-order chi connectivity index (χ1) is 11.3. The molecule has 0 radical (unpaired) electrons. The second-order valence-corrected chi connectivity index (χ2v) is 8.14. The van der Waals surface area contributed by atoms with Crippen molar-refractivity contribution in [3.63, 3.8) is 0 Å². The summed E-state index contributed by atoms with van der Waals surface area (Å²) in [6, 6.07) is 3.89. The van der Waals surface area contributed by atoms with Crippen molar-refractivity contribution in [2.75, 3.05) is 25.5 Å². The minimum atomic E-state index is -3.59. The molecule has 3 N–H and O–H groups in total. The standard InChI is InChI=1S/C16H25N3O4S/c1-11(2)15(17)16(20)18-12-6-7-14(13(10-12)23-3)24(21,22)19-8-4-5-9-19/h6-7,10-11,15H,4-5,8-9,17H2,1-3H3,(H,18,20)/t15-/m0/s1. The molecule has 1 fully saturated rings. The molecule has 1 aliphatic rings. The largest absolute Gasteiger partial charge is 0.495 e. The Morgan fingerprint density at radius 1 is 1.29 bits per heavy atom. The summed E-state index contributed by atoms with van der Waals surface area (Å²) < 4.78 is 32.1. The number of nitrogens with one attached hydrogen (secondary N) is 1. The molecule has 1 aromatic rings. The highest BCUT2D eigenvalue weighted by Gasteiger charge is 2.30. The monoisotopic (exact) mass is 355 g/mol. The number of hydrogen-bond acceptors (Lipinski definition) is 5. The van der Waals surface area contributed by atoms with Crippen LogP contribution < -0.4 is 15.8 Å². The molecule has 1 heterocycles. The van der Waals surface area contributed by atoms with Gasteiger partial charge in [0.2, 0.25) is 15.9 Å². The lowest BCUT2D eigenvalue weighted by atomic mass is 10.0. The Labute approximate surface area is 143 Å². The predicted molar refractivity (Wildman–Crippen MR) is 92.4 cm³/mol. The smallest absolute Gasteiger partial charge is 0.246 e. The van der Waals surface area contributed by atoms with E-state index in [0.717, 1.165) is 12.8 Å². The summed E-state index contributed by atoms with van der Waals surface area (Å²) in [6.07, 6.45) is 1.73. The van der Waals surface area contributed by atoms with Gasteiger partial charge in [-0.25, -0.2) is 8.42 Å². The Bertz CT molecular complexity index is 697. The van der Waals surface area contributed by atoms with Gasteiger partial charge in [-0.2, -0.15) is 4.31 Å². The van der Waals surface area contributed by atoms with Gasteiger partial charge in [0, 0.05) is 24.8 Å². The number of benzene rings is 1. The third-order valence-electron chi connectivity index (χ3n) is 4.14. The third-order valence-corrected chi connectivity index (χ3v) is 6.07. The van der Waals surface area contributed by atoms with Gasteiger partial charge in [0.1, 0.15) is 10.6 Å². The lowest BCUT2D eigenvalue weighted by Crippen LogP contribution is -2.39. The summed E-state index contributed by atoms with van der Waals surface area (Å²) in [4.78, 5) is 12.2. The summed E-state index contributed by atoms with van der Waals surface area (Å²) in [5.74, 6) is -0.110. The zero-order valence-corrected chi connectivity index (χ0v) is 15.1. The SMILES string of the molecule is COc1cc(NC(=O)[C@@H](N)C(C)C)ccc1S(=O)(=O)N1CCCC1. The molecule has 7 nitrogen and oxygen atoms in total. The van der Waals surface area contributed by atoms with Crippen molar-refractivity contribution in [1.29, 1.82) is 0 Å². The summed E-state index contributed by atoms with van der Waals surface area (Å²) >= 11 is 0. The first-order valence-corrected chi connectivity index (χ1v) is 9.46. The molecular formula is C16H25N3O4S. The van der Waals surface area contributed by atoms with Crippen molar-refractivity contribution in [3.05, 3.63) is 18.2 Å². The minimum absolute atomic E-state index is 0.00159. The van der Waals surface area contributed by atoms with Crippen molar-refractivity contribution in [1.82, 2.24) is 4.31 Å². The van der Waals surface area contributed by atoms with Crippen molar-refractivity contribution < 1.29 is 17.9 Å². The lowest BCUT2D eigenvalue weighted by molar-refractivity contribution is -0.118. The van der Waals surface area contributed by atoms with E-state index in [0.29, 0.717) is 18.8 Å². The van der Waals surface area contributed by atoms with Gasteiger partial charge >= 0.3 is 0 Å². The Hall–Kier alpha value is -1.64. The molecule has 0 spiro atoms. The van der Waals surface area contributed by atoms with Gasteiger partial charge in [0.25, 0.3) is 0 Å². The molecule has 0 saturated carbocycles. The highest BCUT2D eigenvalue weighted by molar-refractivity contribution is 7.89. The minimum Gasteiger partial charge on any atom is -0.495 e. The van der Waals surface area contributed by atoms with E-state index in [9.17, 15) is 13.2 Å². The third kappa shape index (κ3) is 3.88. The summed E-state index contributed by atoms with van der Waals surface area (Å²) in [6.45, 7) is 4.76. The molecular weight excluding hydrogens is 330 g/mol. The number of methoxy groups -OCH3 is 1. The predicted octanol–water partition coefficient (Wildman–Crippen LogP) is 1.40. The Morgan fingerprint density at radius 3 is 2.46 bits per heavy atom. The average Bonchev–Trinajstić information content (AvgIpc) is 3.08. The van der Waals surface area contributed by atoms with Crippen LogP contribution in [0.25, 0.3) is 0 Å². The maximum absolute atomic E-state index is 12.7. The van der Waals surface area contributed by atoms with Gasteiger partial charge < -0.3 is 15.8 Å². The lowest BCUT2D eigenvalue weighted by Gasteiger charge is -2.19. The van der Waals surface area contributed by atoms with Crippen LogP contribution in [0.4, 0.5) is 5.69 Å². The van der Waals surface area contributed by atoms with Crippen molar-refractivity contribution in [2.45, 2.75) is 37.6 Å². The van der Waals surface area contributed by atoms with Crippen molar-refractivity contribution in [3.8, 4) is 5.75 Å². The highest BCUT2D eigenvalue weighted by atomic mass is 32.2. The zero-order valence-electron chi connectivity index (χ0n) is 14.3. The molecule has 2 rings (SSSR count). The molecule has 134 valence electrons. The first-order valence-electron chi connectivity index (χ1n) is 8.02. The Kier molecular flexibility index (Phi) is 5.84. The number of hydrogen-bond donors (Lipinski definition) is 2. The van der Waals surface area contributed by atoms with Crippen LogP contribution in [0, 0.1) is 5.92 Å². The van der Waals surface area contributed by atoms with Gasteiger partial charge in [0.05, 0.1) is 13.2 Å². The van der Waals surface area contributed by atoms with Crippen molar-refractivity contribution >= 4 is 21.6 Å². The van der Waals surface area contributed by atoms with Crippen LogP contribution >= 0.6 is 0 Å². The topological polar surface area (TPSA) is 102 Å². The molecule has 0 aliphatic carbocycles. The number of carbonyl (C=O) groups is 1. The van der Waals surface area contributed by atoms with Crippen LogP contribution in [0.1, 0.15) is 26.7 Å². The van der Waals surface area contributed by atoms with Gasteiger partial charge in [-0.15, -0.1) is 0 Å². The number of sulfonamides is 1. The second-order valence-electron chi connectivity index (χ2n) is 6.24. The summed E-state index contributed by atoms with van der Waals surface area (Å²) in [5.41, 5.74) is 6.27. The fourth-order valence-corrected chi connectivity index (χ4v) is 4.21. The fourth-order valence-electron chi connectivity index (χ4n) is 2.55. The fraction of sp³-hybridized carbons (Fsp3) is 0.562. The molecule has 0 unspecified atom stereocenters. The van der Waals surface area contributed by atoms with Crippen LogP contribution in [0.15, 0.2) is 23.1 Å². The molecule has 1 atom stereocenters. The quantitative estimate of drug-likeness (QED) is 0.803. The normalized spacial score (nSPS) is 17.0. The van der Waals surface area contributed by atoms with E-state index >= 15 is 0 Å². The molecule has 24 heavy (non-hydrogen) atoms. The number of carbonyl (C=O) groups excluding carboxylic acids is 1. The van der Waals surface area contributed by atoms with Gasteiger partial charge in [-0.05, 0) is 30.9 Å². The van der Waals surface area contributed by atoms with Crippen molar-refractivity contribution in [2.24, 2.45) is 11.7 Å². The number of anilines is 1. The number of rotatable bonds is 6. The van der Waals surface area contributed by atoms with E-state index < -0.39 is 16.1 Å². The number of amides is 1. The van der Waals surface area contributed by atoms with E-state index in [2.05, 4.69) is 5.32 Å². The molecule has 1 aliphatic heterocycles. The second kappa shape index (κ2) is 7.50. The van der Waals surface area contributed by atoms with E-state index in [4.69, 9.17) is 10.5 Å². The number of ether oxygens (including phenoxy) is 1. The van der Waals surface area contributed by atoms with Crippen LogP contribution in [-0.2, 0) is 14.8 Å². The molecule has 0 bridgehead atoms. The first kappa shape index (κ1) is 18.7.